The van der Waals surface area contributed by atoms with E-state index in [-0.39, 0.29) is 12.5 Å². The predicted octanol–water partition coefficient (Wildman–Crippen LogP) is 3.41. The van der Waals surface area contributed by atoms with Gasteiger partial charge >= 0.3 is 0 Å². The Morgan fingerprint density at radius 2 is 1.80 bits per heavy atom. The molecule has 0 atom stereocenters. The number of hydrogen-bond acceptors (Lipinski definition) is 4. The number of anilines is 1. The molecule has 0 unspecified atom stereocenters. The maximum Gasteiger partial charge on any atom is 0.259 e. The summed E-state index contributed by atoms with van der Waals surface area (Å²) < 4.78 is 5.09. The van der Waals surface area contributed by atoms with E-state index in [0.29, 0.717) is 0 Å². The van der Waals surface area contributed by atoms with E-state index in [1.807, 2.05) is 66.7 Å². The zero-order chi connectivity index (χ0) is 17.5. The van der Waals surface area contributed by atoms with E-state index in [9.17, 15) is 4.79 Å². The van der Waals surface area contributed by atoms with E-state index in [4.69, 9.17) is 4.74 Å². The van der Waals surface area contributed by atoms with Crippen LogP contribution in [0.1, 0.15) is 5.56 Å². The minimum absolute atomic E-state index is 0.138. The molecule has 0 radical (unpaired) electrons. The van der Waals surface area contributed by atoms with Crippen molar-refractivity contribution in [2.45, 2.75) is 0 Å². The number of carbonyl (C=O) groups excluding carboxylic acids is 1. The molecule has 1 amide bonds. The minimum Gasteiger partial charge on any atom is -0.497 e. The van der Waals surface area contributed by atoms with E-state index in [1.54, 1.807) is 13.3 Å². The summed E-state index contributed by atoms with van der Waals surface area (Å²) in [4.78, 5) is 11.9. The van der Waals surface area contributed by atoms with Crippen LogP contribution in [0.15, 0.2) is 71.8 Å². The average Bonchev–Trinajstić information content (AvgIpc) is 2.67. The Morgan fingerprint density at radius 3 is 2.60 bits per heavy atom. The first-order valence-corrected chi connectivity index (χ1v) is 7.94. The summed E-state index contributed by atoms with van der Waals surface area (Å²) in [5.74, 6) is 0.557. The Hall–Kier alpha value is -3.34. The fourth-order valence-corrected chi connectivity index (χ4v) is 2.47. The molecule has 0 fully saturated rings. The summed E-state index contributed by atoms with van der Waals surface area (Å²) in [5, 5.41) is 9.31. The molecule has 0 aromatic heterocycles. The number of methoxy groups -OCH3 is 1. The maximum absolute atomic E-state index is 11.9. The third kappa shape index (κ3) is 4.35. The van der Waals surface area contributed by atoms with Gasteiger partial charge in [0.1, 0.15) is 5.75 Å². The molecule has 3 aromatic carbocycles. The van der Waals surface area contributed by atoms with Gasteiger partial charge in [-0.15, -0.1) is 0 Å². The normalized spacial score (nSPS) is 10.8. The van der Waals surface area contributed by atoms with Gasteiger partial charge in [0.2, 0.25) is 0 Å². The molecule has 0 heterocycles. The Morgan fingerprint density at radius 1 is 1.04 bits per heavy atom. The lowest BCUT2D eigenvalue weighted by molar-refractivity contribution is -0.119. The first-order chi connectivity index (χ1) is 12.3. The van der Waals surface area contributed by atoms with Crippen molar-refractivity contribution in [3.05, 3.63) is 72.3 Å². The van der Waals surface area contributed by atoms with Crippen LogP contribution in [-0.4, -0.2) is 25.8 Å². The predicted molar refractivity (Wildman–Crippen MR) is 101 cm³/mol. The molecule has 0 saturated heterocycles. The van der Waals surface area contributed by atoms with Crippen LogP contribution in [0, 0.1) is 0 Å². The molecule has 0 aliphatic carbocycles. The lowest BCUT2D eigenvalue weighted by Crippen LogP contribution is -2.25. The number of nitrogens with one attached hydrogen (secondary N) is 2. The van der Waals surface area contributed by atoms with Gasteiger partial charge in [-0.1, -0.05) is 42.5 Å². The van der Waals surface area contributed by atoms with Crippen molar-refractivity contribution >= 4 is 28.6 Å². The van der Waals surface area contributed by atoms with Crippen LogP contribution in [0.25, 0.3) is 10.8 Å². The van der Waals surface area contributed by atoms with Crippen LogP contribution < -0.4 is 15.5 Å². The lowest BCUT2D eigenvalue weighted by atomic mass is 10.1. The highest BCUT2D eigenvalue weighted by Crippen LogP contribution is 2.17. The van der Waals surface area contributed by atoms with E-state index in [0.717, 1.165) is 27.8 Å². The molecule has 0 bridgehead atoms. The molecule has 0 spiro atoms. The monoisotopic (exact) mass is 333 g/mol. The number of benzene rings is 3. The quantitative estimate of drug-likeness (QED) is 0.537. The lowest BCUT2D eigenvalue weighted by Gasteiger charge is -2.06. The fourth-order valence-electron chi connectivity index (χ4n) is 2.47. The second kappa shape index (κ2) is 7.97. The summed E-state index contributed by atoms with van der Waals surface area (Å²) in [7, 11) is 1.61. The number of nitrogens with zero attached hydrogens (tertiary/aromatic N) is 1. The van der Waals surface area contributed by atoms with Crippen molar-refractivity contribution < 1.29 is 9.53 Å². The Bertz CT molecular complexity index is 884. The van der Waals surface area contributed by atoms with Crippen LogP contribution in [-0.2, 0) is 4.79 Å². The highest BCUT2D eigenvalue weighted by molar-refractivity contribution is 6.00. The Balaban J connectivity index is 1.55. The summed E-state index contributed by atoms with van der Waals surface area (Å²) in [6, 6.07) is 21.4. The van der Waals surface area contributed by atoms with Gasteiger partial charge in [0.05, 0.1) is 19.9 Å². The Labute approximate surface area is 146 Å². The van der Waals surface area contributed by atoms with Crippen molar-refractivity contribution in [3.63, 3.8) is 0 Å². The van der Waals surface area contributed by atoms with Gasteiger partial charge in [-0.2, -0.15) is 5.10 Å². The van der Waals surface area contributed by atoms with Crippen molar-refractivity contribution in [3.8, 4) is 5.75 Å². The number of hydrogen-bond donors (Lipinski definition) is 2. The standard InChI is InChI=1S/C20H19N3O2/c1-25-18-11-9-17(10-12-18)21-14-20(24)23-22-13-16-7-4-6-15-5-2-3-8-19(15)16/h2-13,21H,14H2,1H3,(H,23,24)/b22-13+. The largest absolute Gasteiger partial charge is 0.497 e. The number of fused-ring (bicyclic) bond motifs is 1. The highest BCUT2D eigenvalue weighted by Gasteiger charge is 2.01. The maximum atomic E-state index is 11.9. The van der Waals surface area contributed by atoms with Gasteiger partial charge < -0.3 is 10.1 Å². The number of rotatable bonds is 6. The summed E-state index contributed by atoms with van der Waals surface area (Å²) >= 11 is 0. The SMILES string of the molecule is COc1ccc(NCC(=O)N/N=C/c2cccc3ccccc23)cc1. The van der Waals surface area contributed by atoms with E-state index in [1.165, 1.54) is 0 Å². The molecule has 5 nitrogen and oxygen atoms in total. The van der Waals surface area contributed by atoms with Crippen LogP contribution >= 0.6 is 0 Å². The molecule has 0 aliphatic heterocycles. The Kier molecular flexibility index (Phi) is 5.26. The first-order valence-electron chi connectivity index (χ1n) is 7.94. The number of carbonyl (C=O) groups is 1. The van der Waals surface area contributed by atoms with Gasteiger partial charge in [-0.25, -0.2) is 5.43 Å². The van der Waals surface area contributed by atoms with E-state index >= 15 is 0 Å². The second-order valence-electron chi connectivity index (χ2n) is 5.44. The summed E-state index contributed by atoms with van der Waals surface area (Å²) in [6.07, 6.45) is 1.66. The third-order valence-corrected chi connectivity index (χ3v) is 3.76. The molecular formula is C20H19N3O2. The van der Waals surface area contributed by atoms with Crippen LogP contribution in [0.3, 0.4) is 0 Å². The van der Waals surface area contributed by atoms with Crippen LogP contribution in [0.2, 0.25) is 0 Å². The fraction of sp³-hybridized carbons (Fsp3) is 0.100. The second-order valence-corrected chi connectivity index (χ2v) is 5.44. The number of hydrazone groups is 1. The van der Waals surface area contributed by atoms with Crippen molar-refractivity contribution in [2.24, 2.45) is 5.10 Å². The number of amides is 1. The molecular weight excluding hydrogens is 314 g/mol. The molecule has 0 saturated carbocycles. The van der Waals surface area contributed by atoms with Gasteiger partial charge in [0.15, 0.2) is 0 Å². The molecule has 0 aliphatic rings. The summed E-state index contributed by atoms with van der Waals surface area (Å²) in [6.45, 7) is 0.138. The molecule has 2 N–H and O–H groups in total. The topological polar surface area (TPSA) is 62.7 Å². The van der Waals surface area contributed by atoms with Crippen molar-refractivity contribution in [2.75, 3.05) is 19.0 Å². The first kappa shape index (κ1) is 16.5. The van der Waals surface area contributed by atoms with E-state index < -0.39 is 0 Å². The van der Waals surface area contributed by atoms with Crippen LogP contribution in [0.5, 0.6) is 5.75 Å². The van der Waals surface area contributed by atoms with Crippen LogP contribution in [0.4, 0.5) is 5.69 Å². The smallest absolute Gasteiger partial charge is 0.259 e. The number of ether oxygens (including phenoxy) is 1. The van der Waals surface area contributed by atoms with Crippen molar-refractivity contribution in [1.82, 2.24) is 5.43 Å². The molecule has 126 valence electrons. The van der Waals surface area contributed by atoms with E-state index in [2.05, 4.69) is 15.8 Å². The molecule has 5 heteroatoms. The van der Waals surface area contributed by atoms with Crippen molar-refractivity contribution in [1.29, 1.82) is 0 Å². The molecule has 3 rings (SSSR count). The van der Waals surface area contributed by atoms with Gasteiger partial charge in [-0.05, 0) is 35.0 Å². The zero-order valence-electron chi connectivity index (χ0n) is 13.9. The average molecular weight is 333 g/mol. The highest BCUT2D eigenvalue weighted by atomic mass is 16.5. The zero-order valence-corrected chi connectivity index (χ0v) is 13.9. The minimum atomic E-state index is -0.215. The van der Waals surface area contributed by atoms with Gasteiger partial charge in [-0.3, -0.25) is 4.79 Å². The van der Waals surface area contributed by atoms with Gasteiger partial charge in [0, 0.05) is 11.3 Å². The molecule has 3 aromatic rings. The molecule has 25 heavy (non-hydrogen) atoms. The van der Waals surface area contributed by atoms with Gasteiger partial charge in [0.25, 0.3) is 5.91 Å². The third-order valence-electron chi connectivity index (χ3n) is 3.76. The summed E-state index contributed by atoms with van der Waals surface area (Å²) in [5.41, 5.74) is 4.33.